The number of fused-ring (bicyclic) bond motifs is 7. The van der Waals surface area contributed by atoms with Crippen LogP contribution >= 0.6 is 0 Å². The van der Waals surface area contributed by atoms with Gasteiger partial charge in [-0.3, -0.25) is 4.98 Å². The predicted octanol–water partition coefficient (Wildman–Crippen LogP) is 11.8. The molecule has 0 aliphatic carbocycles. The molecular formula is C43H36N4O. The van der Waals surface area contributed by atoms with Gasteiger partial charge in [0.05, 0.1) is 22.2 Å². The van der Waals surface area contributed by atoms with Gasteiger partial charge in [0.15, 0.2) is 0 Å². The molecule has 0 saturated heterocycles. The van der Waals surface area contributed by atoms with E-state index in [1.807, 2.05) is 36.5 Å². The van der Waals surface area contributed by atoms with Crippen LogP contribution in [0.25, 0.3) is 88.5 Å². The van der Waals surface area contributed by atoms with Crippen molar-refractivity contribution in [3.05, 3.63) is 121 Å². The molecule has 5 nitrogen and oxygen atoms in total. The molecule has 4 aromatic heterocycles. The highest BCUT2D eigenvalue weighted by atomic mass is 16.3. The van der Waals surface area contributed by atoms with E-state index in [0.717, 1.165) is 77.8 Å². The Labute approximate surface area is 278 Å². The van der Waals surface area contributed by atoms with E-state index < -0.39 is 0 Å². The Morgan fingerprint density at radius 3 is 2.29 bits per heavy atom. The highest BCUT2D eigenvalue weighted by Crippen LogP contribution is 2.43. The Morgan fingerprint density at radius 2 is 1.50 bits per heavy atom. The van der Waals surface area contributed by atoms with Gasteiger partial charge in [0, 0.05) is 56.0 Å². The summed E-state index contributed by atoms with van der Waals surface area (Å²) in [6, 6.07) is 38.8. The van der Waals surface area contributed by atoms with Gasteiger partial charge >= 0.3 is 0 Å². The largest absolute Gasteiger partial charge is 0.455 e. The maximum absolute atomic E-state index is 6.47. The van der Waals surface area contributed by atoms with Crippen LogP contribution in [0.3, 0.4) is 0 Å². The smallest absolute Gasteiger partial charge is 0.144 e. The molecule has 48 heavy (non-hydrogen) atoms. The molecule has 5 heteroatoms. The van der Waals surface area contributed by atoms with Crippen LogP contribution in [0.15, 0.2) is 120 Å². The van der Waals surface area contributed by atoms with Gasteiger partial charge in [0.2, 0.25) is 0 Å². The standard InChI is InChI=1S/C43H36N4O/c1-25(2)47-37-18-12-15-28(26-21-32-30-14-7-9-19-38(30)48-41(32)33(22-26)35-16-10-11-20-44-35)40(37)46-42(47)34-24-27(43(3,4)5)23-31-29-13-6-8-17-36(29)45-39(31)34/h6-25,45H,1-5H3. The van der Waals surface area contributed by atoms with Crippen molar-refractivity contribution in [3.8, 4) is 33.8 Å². The average Bonchev–Trinajstić information content (AvgIpc) is 3.79. The zero-order chi connectivity index (χ0) is 32.7. The van der Waals surface area contributed by atoms with Crippen molar-refractivity contribution in [2.75, 3.05) is 0 Å². The minimum absolute atomic E-state index is 0.0359. The van der Waals surface area contributed by atoms with Crippen LogP contribution in [0, 0.1) is 0 Å². The van der Waals surface area contributed by atoms with Gasteiger partial charge in [0.1, 0.15) is 17.0 Å². The van der Waals surface area contributed by atoms with E-state index in [2.05, 4.69) is 123 Å². The molecule has 0 amide bonds. The van der Waals surface area contributed by atoms with Crippen LogP contribution in [-0.2, 0) is 5.41 Å². The molecule has 0 unspecified atom stereocenters. The first-order valence-electron chi connectivity index (χ1n) is 16.7. The molecule has 5 aromatic carbocycles. The molecule has 1 N–H and O–H groups in total. The summed E-state index contributed by atoms with van der Waals surface area (Å²) in [7, 11) is 0. The zero-order valence-electron chi connectivity index (χ0n) is 27.8. The normalized spacial score (nSPS) is 12.5. The van der Waals surface area contributed by atoms with Gasteiger partial charge < -0.3 is 14.0 Å². The van der Waals surface area contributed by atoms with Crippen molar-refractivity contribution >= 4 is 54.8 Å². The summed E-state index contributed by atoms with van der Waals surface area (Å²) in [5.74, 6) is 0.967. The molecule has 0 bridgehead atoms. The number of benzene rings is 5. The Hall–Kier alpha value is -5.68. The van der Waals surface area contributed by atoms with Gasteiger partial charge in [-0.25, -0.2) is 4.98 Å². The van der Waals surface area contributed by atoms with E-state index in [1.54, 1.807) is 0 Å². The topological polar surface area (TPSA) is 59.6 Å². The fraction of sp³-hybridized carbons (Fsp3) is 0.163. The molecule has 0 fully saturated rings. The summed E-state index contributed by atoms with van der Waals surface area (Å²) in [6.45, 7) is 11.3. The van der Waals surface area contributed by atoms with Crippen LogP contribution in [0.4, 0.5) is 0 Å². The summed E-state index contributed by atoms with van der Waals surface area (Å²) >= 11 is 0. The highest BCUT2D eigenvalue weighted by Gasteiger charge is 2.25. The van der Waals surface area contributed by atoms with E-state index in [4.69, 9.17) is 14.4 Å². The number of pyridine rings is 1. The van der Waals surface area contributed by atoms with Crippen LogP contribution in [0.5, 0.6) is 0 Å². The molecule has 234 valence electrons. The number of H-pyrrole nitrogens is 1. The molecule has 9 rings (SSSR count). The summed E-state index contributed by atoms with van der Waals surface area (Å²) in [5, 5.41) is 4.62. The fourth-order valence-corrected chi connectivity index (χ4v) is 7.32. The third-order valence-electron chi connectivity index (χ3n) is 9.69. The quantitative estimate of drug-likeness (QED) is 0.212. The van der Waals surface area contributed by atoms with Gasteiger partial charge in [-0.2, -0.15) is 0 Å². The number of hydrogen-bond acceptors (Lipinski definition) is 3. The first kappa shape index (κ1) is 28.5. The molecular weight excluding hydrogens is 589 g/mol. The zero-order valence-corrected chi connectivity index (χ0v) is 27.8. The summed E-state index contributed by atoms with van der Waals surface area (Å²) < 4.78 is 8.87. The maximum atomic E-state index is 6.47. The Balaban J connectivity index is 1.36. The Kier molecular flexibility index (Phi) is 6.19. The number of aromatic nitrogens is 4. The van der Waals surface area contributed by atoms with Crippen molar-refractivity contribution in [2.45, 2.75) is 46.1 Å². The third kappa shape index (κ3) is 4.31. The second kappa shape index (κ2) is 10.4. The fourth-order valence-electron chi connectivity index (χ4n) is 7.32. The van der Waals surface area contributed by atoms with Crippen molar-refractivity contribution in [1.29, 1.82) is 0 Å². The number of rotatable bonds is 4. The van der Waals surface area contributed by atoms with Crippen LogP contribution < -0.4 is 0 Å². The second-order valence-corrected chi connectivity index (χ2v) is 14.2. The number of nitrogens with one attached hydrogen (secondary N) is 1. The summed E-state index contributed by atoms with van der Waals surface area (Å²) in [6.07, 6.45) is 1.84. The molecule has 0 aliphatic rings. The SMILES string of the molecule is CC(C)n1c(-c2cc(C(C)(C)C)cc3c2[nH]c2ccccc23)nc2c(-c3cc(-c4ccccn4)c4oc5ccccc5c4c3)cccc21. The van der Waals surface area contributed by atoms with Crippen molar-refractivity contribution in [3.63, 3.8) is 0 Å². The van der Waals surface area contributed by atoms with E-state index in [-0.39, 0.29) is 11.5 Å². The lowest BCUT2D eigenvalue weighted by Gasteiger charge is -2.21. The van der Waals surface area contributed by atoms with E-state index in [1.165, 1.54) is 16.3 Å². The number of aromatic amines is 1. The summed E-state index contributed by atoms with van der Waals surface area (Å²) in [4.78, 5) is 14.1. The Bertz CT molecular complexity index is 2680. The second-order valence-electron chi connectivity index (χ2n) is 14.2. The molecule has 9 aromatic rings. The lowest BCUT2D eigenvalue weighted by molar-refractivity contribution is 0.591. The molecule has 0 radical (unpaired) electrons. The third-order valence-corrected chi connectivity index (χ3v) is 9.69. The summed E-state index contributed by atoms with van der Waals surface area (Å²) in [5.41, 5.74) is 12.4. The van der Waals surface area contributed by atoms with Gasteiger partial charge in [-0.1, -0.05) is 75.4 Å². The van der Waals surface area contributed by atoms with Crippen LogP contribution in [-0.4, -0.2) is 19.5 Å². The van der Waals surface area contributed by atoms with Gasteiger partial charge in [-0.05, 0) is 85.0 Å². The van der Waals surface area contributed by atoms with Crippen LogP contribution in [0.2, 0.25) is 0 Å². The maximum Gasteiger partial charge on any atom is 0.144 e. The molecule has 4 heterocycles. The molecule has 0 spiro atoms. The van der Waals surface area contributed by atoms with Crippen LogP contribution in [0.1, 0.15) is 46.2 Å². The average molecular weight is 625 g/mol. The lowest BCUT2D eigenvalue weighted by Crippen LogP contribution is -2.11. The van der Waals surface area contributed by atoms with E-state index in [9.17, 15) is 0 Å². The molecule has 0 aliphatic heterocycles. The first-order valence-corrected chi connectivity index (χ1v) is 16.7. The first-order chi connectivity index (χ1) is 23.3. The van der Waals surface area contributed by atoms with Gasteiger partial charge in [-0.15, -0.1) is 0 Å². The highest BCUT2D eigenvalue weighted by molar-refractivity contribution is 6.14. The molecule has 0 atom stereocenters. The van der Waals surface area contributed by atoms with E-state index >= 15 is 0 Å². The lowest BCUT2D eigenvalue weighted by atomic mass is 9.85. The van der Waals surface area contributed by atoms with E-state index in [0.29, 0.717) is 0 Å². The minimum atomic E-state index is -0.0359. The minimum Gasteiger partial charge on any atom is -0.455 e. The monoisotopic (exact) mass is 624 g/mol. The predicted molar refractivity (Wildman–Crippen MR) is 200 cm³/mol. The van der Waals surface area contributed by atoms with Crippen molar-refractivity contribution < 1.29 is 4.42 Å². The number of nitrogens with zero attached hydrogens (tertiary/aromatic N) is 3. The van der Waals surface area contributed by atoms with Crippen molar-refractivity contribution in [1.82, 2.24) is 19.5 Å². The molecule has 0 saturated carbocycles. The number of hydrogen-bond donors (Lipinski definition) is 1. The number of para-hydroxylation sites is 3. The number of imidazole rings is 1. The number of furan rings is 1. The van der Waals surface area contributed by atoms with Crippen molar-refractivity contribution in [2.24, 2.45) is 0 Å². The van der Waals surface area contributed by atoms with Gasteiger partial charge in [0.25, 0.3) is 0 Å². The Morgan fingerprint density at radius 1 is 0.708 bits per heavy atom.